The number of methoxy groups -OCH3 is 1. The molecule has 1 saturated carbocycles. The molecule has 0 radical (unpaired) electrons. The number of ether oxygens (including phenoxy) is 2. The Balaban J connectivity index is 1.58. The largest absolute Gasteiger partial charge is 0.474 e. The van der Waals surface area contributed by atoms with Gasteiger partial charge in [-0.25, -0.2) is 14.0 Å². The Kier molecular flexibility index (Phi) is 6.87. The van der Waals surface area contributed by atoms with E-state index in [-0.39, 0.29) is 6.10 Å². The van der Waals surface area contributed by atoms with Crippen molar-refractivity contribution in [3.8, 4) is 17.0 Å². The summed E-state index contributed by atoms with van der Waals surface area (Å²) in [5.41, 5.74) is 5.01. The highest BCUT2D eigenvalue weighted by molar-refractivity contribution is 7.82. The van der Waals surface area contributed by atoms with Crippen molar-refractivity contribution in [3.63, 3.8) is 0 Å². The summed E-state index contributed by atoms with van der Waals surface area (Å²) in [5.74, 6) is 0.587. The molecule has 2 amide bonds. The Morgan fingerprint density at radius 3 is 2.65 bits per heavy atom. The summed E-state index contributed by atoms with van der Waals surface area (Å²) in [4.78, 5) is 16.7. The second kappa shape index (κ2) is 9.78. The maximum Gasteiger partial charge on any atom is 0.331 e. The van der Waals surface area contributed by atoms with E-state index in [2.05, 4.69) is 21.1 Å². The third kappa shape index (κ3) is 5.25. The molecule has 0 spiro atoms. The standard InChI is InChI=1S/C23H29N3O4S/c1-29-17-7-9-18(10-8-17)30-21-14-16(12-13-24-21)20-11-6-15-4-3-5-19(15)22(20)25-23(27)26-31(2)28/h6,11-14,17-18H,3-5,7-10H2,1-2H3,(H2,25,26,27). The van der Waals surface area contributed by atoms with Gasteiger partial charge < -0.3 is 14.8 Å². The molecule has 4 rings (SSSR count). The minimum atomic E-state index is -1.43. The maximum absolute atomic E-state index is 12.3. The van der Waals surface area contributed by atoms with Crippen molar-refractivity contribution >= 4 is 22.7 Å². The first-order valence-corrected chi connectivity index (χ1v) is 12.3. The predicted octanol–water partition coefficient (Wildman–Crippen LogP) is 3.99. The summed E-state index contributed by atoms with van der Waals surface area (Å²) >= 11 is 0. The molecule has 8 heteroatoms. The van der Waals surface area contributed by atoms with E-state index in [1.165, 1.54) is 11.8 Å². The molecule has 0 saturated heterocycles. The summed E-state index contributed by atoms with van der Waals surface area (Å²) in [5, 5.41) is 2.93. The third-order valence-corrected chi connectivity index (χ3v) is 6.52. The van der Waals surface area contributed by atoms with Gasteiger partial charge in [0.25, 0.3) is 0 Å². The van der Waals surface area contributed by atoms with Gasteiger partial charge in [0.15, 0.2) is 0 Å². The van der Waals surface area contributed by atoms with Crippen LogP contribution in [0.2, 0.25) is 0 Å². The van der Waals surface area contributed by atoms with E-state index in [0.717, 1.165) is 67.3 Å². The number of nitrogens with zero attached hydrogens (tertiary/aromatic N) is 1. The molecule has 2 N–H and O–H groups in total. The van der Waals surface area contributed by atoms with Gasteiger partial charge in [0.1, 0.15) is 17.1 Å². The molecule has 1 unspecified atom stereocenters. The fourth-order valence-electron chi connectivity index (χ4n) is 4.52. The van der Waals surface area contributed by atoms with Crippen LogP contribution in [0.15, 0.2) is 30.5 Å². The van der Waals surface area contributed by atoms with E-state index >= 15 is 0 Å². The topological polar surface area (TPSA) is 89.5 Å². The highest BCUT2D eigenvalue weighted by Crippen LogP contribution is 2.38. The molecule has 2 aliphatic rings. The fourth-order valence-corrected chi connectivity index (χ4v) is 4.83. The molecule has 1 atom stereocenters. The van der Waals surface area contributed by atoms with Crippen LogP contribution in [0.5, 0.6) is 5.88 Å². The number of aromatic nitrogens is 1. The molecule has 1 aromatic heterocycles. The Hall–Kier alpha value is -2.45. The highest BCUT2D eigenvalue weighted by Gasteiger charge is 2.24. The Bertz CT molecular complexity index is 973. The van der Waals surface area contributed by atoms with Crippen molar-refractivity contribution in [1.29, 1.82) is 0 Å². The van der Waals surface area contributed by atoms with Crippen molar-refractivity contribution in [2.24, 2.45) is 0 Å². The zero-order valence-corrected chi connectivity index (χ0v) is 18.8. The maximum atomic E-state index is 12.3. The van der Waals surface area contributed by atoms with Gasteiger partial charge in [0.05, 0.1) is 11.8 Å². The summed E-state index contributed by atoms with van der Waals surface area (Å²) in [7, 11) is 0.330. The smallest absolute Gasteiger partial charge is 0.331 e. The number of pyridine rings is 1. The van der Waals surface area contributed by atoms with Crippen molar-refractivity contribution in [1.82, 2.24) is 9.71 Å². The van der Waals surface area contributed by atoms with Crippen LogP contribution in [-0.4, -0.2) is 40.8 Å². The normalized spacial score (nSPS) is 21.2. The average molecular weight is 444 g/mol. The number of urea groups is 1. The fraction of sp³-hybridized carbons (Fsp3) is 0.478. The first-order valence-electron chi connectivity index (χ1n) is 10.7. The summed E-state index contributed by atoms with van der Waals surface area (Å²) < 4.78 is 25.4. The molecule has 0 aliphatic heterocycles. The second-order valence-corrected chi connectivity index (χ2v) is 9.24. The number of carbonyl (C=O) groups excluding carboxylic acids is 1. The second-order valence-electron chi connectivity index (χ2n) is 8.12. The number of hydrogen-bond donors (Lipinski definition) is 2. The zero-order valence-electron chi connectivity index (χ0n) is 18.0. The number of fused-ring (bicyclic) bond motifs is 1. The lowest BCUT2D eigenvalue weighted by Crippen LogP contribution is -2.30. The van der Waals surface area contributed by atoms with Gasteiger partial charge in [0.2, 0.25) is 5.88 Å². The molecular weight excluding hydrogens is 414 g/mol. The number of amides is 2. The van der Waals surface area contributed by atoms with Gasteiger partial charge in [-0.2, -0.15) is 0 Å². The molecule has 1 fully saturated rings. The number of hydrogen-bond acceptors (Lipinski definition) is 5. The van der Waals surface area contributed by atoms with Gasteiger partial charge in [-0.3, -0.25) is 4.72 Å². The molecular formula is C23H29N3O4S. The number of anilines is 1. The van der Waals surface area contributed by atoms with Crippen LogP contribution in [0, 0.1) is 0 Å². The van der Waals surface area contributed by atoms with E-state index in [0.29, 0.717) is 12.0 Å². The number of rotatable bonds is 6. The summed E-state index contributed by atoms with van der Waals surface area (Å²) in [6.45, 7) is 0. The zero-order chi connectivity index (χ0) is 21.8. The average Bonchev–Trinajstić information content (AvgIpc) is 3.23. The van der Waals surface area contributed by atoms with Crippen LogP contribution in [-0.2, 0) is 28.6 Å². The number of aryl methyl sites for hydroxylation is 1. The van der Waals surface area contributed by atoms with Gasteiger partial charge in [-0.05, 0) is 67.7 Å². The van der Waals surface area contributed by atoms with Crippen LogP contribution in [0.1, 0.15) is 43.2 Å². The summed E-state index contributed by atoms with van der Waals surface area (Å²) in [6.07, 6.45) is 10.5. The van der Waals surface area contributed by atoms with Gasteiger partial charge >= 0.3 is 6.03 Å². The molecule has 0 bridgehead atoms. The molecule has 2 aliphatic carbocycles. The quantitative estimate of drug-likeness (QED) is 0.705. The summed E-state index contributed by atoms with van der Waals surface area (Å²) in [6, 6.07) is 7.55. The highest BCUT2D eigenvalue weighted by atomic mass is 32.2. The van der Waals surface area contributed by atoms with Crippen LogP contribution in [0.3, 0.4) is 0 Å². The van der Waals surface area contributed by atoms with E-state index in [9.17, 15) is 9.00 Å². The molecule has 2 aromatic rings. The molecule has 7 nitrogen and oxygen atoms in total. The van der Waals surface area contributed by atoms with E-state index < -0.39 is 17.0 Å². The van der Waals surface area contributed by atoms with Crippen LogP contribution in [0.4, 0.5) is 10.5 Å². The van der Waals surface area contributed by atoms with Crippen LogP contribution < -0.4 is 14.8 Å². The van der Waals surface area contributed by atoms with E-state index in [1.807, 2.05) is 18.2 Å². The lowest BCUT2D eigenvalue weighted by Gasteiger charge is -2.27. The number of nitrogens with one attached hydrogen (secondary N) is 2. The Morgan fingerprint density at radius 1 is 1.13 bits per heavy atom. The number of carbonyl (C=O) groups is 1. The van der Waals surface area contributed by atoms with E-state index in [4.69, 9.17) is 9.47 Å². The van der Waals surface area contributed by atoms with Crippen molar-refractivity contribution in [2.45, 2.75) is 57.2 Å². The predicted molar refractivity (Wildman–Crippen MR) is 122 cm³/mol. The first-order chi connectivity index (χ1) is 15.0. The SMILES string of the molecule is COC1CCC(Oc2cc(-c3ccc4c(c3NC(=O)NS(C)=O)CCC4)ccn2)CC1. The minimum Gasteiger partial charge on any atom is -0.474 e. The Morgan fingerprint density at radius 2 is 1.90 bits per heavy atom. The van der Waals surface area contributed by atoms with Crippen molar-refractivity contribution in [2.75, 3.05) is 18.7 Å². The van der Waals surface area contributed by atoms with Crippen LogP contribution >= 0.6 is 0 Å². The monoisotopic (exact) mass is 443 g/mol. The Labute approximate surface area is 185 Å². The molecule has 1 heterocycles. The molecule has 166 valence electrons. The van der Waals surface area contributed by atoms with Gasteiger partial charge in [0, 0.05) is 31.2 Å². The molecule has 1 aromatic carbocycles. The molecule has 31 heavy (non-hydrogen) atoms. The first kappa shape index (κ1) is 21.8. The lowest BCUT2D eigenvalue weighted by atomic mass is 9.95. The third-order valence-electron chi connectivity index (χ3n) is 6.05. The number of benzene rings is 1. The van der Waals surface area contributed by atoms with Gasteiger partial charge in [-0.1, -0.05) is 12.1 Å². The van der Waals surface area contributed by atoms with E-state index in [1.54, 1.807) is 13.3 Å². The van der Waals surface area contributed by atoms with Crippen LogP contribution in [0.25, 0.3) is 11.1 Å². The lowest BCUT2D eigenvalue weighted by molar-refractivity contribution is 0.0314. The van der Waals surface area contributed by atoms with Crippen molar-refractivity contribution < 1.29 is 18.5 Å². The van der Waals surface area contributed by atoms with Gasteiger partial charge in [-0.15, -0.1) is 0 Å². The minimum absolute atomic E-state index is 0.136. The van der Waals surface area contributed by atoms with Crippen molar-refractivity contribution in [3.05, 3.63) is 41.6 Å².